The number of carbonyl (C=O) groups is 3. The number of rotatable bonds is 4. The summed E-state index contributed by atoms with van der Waals surface area (Å²) in [5.74, 6) is -0.857. The molecule has 8 nitrogen and oxygen atoms in total. The number of nitrogens with one attached hydrogen (secondary N) is 2. The summed E-state index contributed by atoms with van der Waals surface area (Å²) < 4.78 is 6.95. The molecule has 3 rings (SSSR count). The molecule has 0 aliphatic heterocycles. The summed E-state index contributed by atoms with van der Waals surface area (Å²) in [6.45, 7) is 0. The number of hydrogen-bond donors (Lipinski definition) is 2. The molecule has 138 valence electrons. The van der Waals surface area contributed by atoms with Crippen LogP contribution in [0.5, 0.6) is 0 Å². The topological polar surface area (TPSA) is 102 Å². The number of hydrogen-bond acceptors (Lipinski definition) is 5. The highest BCUT2D eigenvalue weighted by Gasteiger charge is 2.21. The zero-order valence-electron chi connectivity index (χ0n) is 14.4. The fraction of sp³-hybridized carbons (Fsp3) is 0.111. The standard InChI is InChI=1S/C18H15BrN4O4/c1-20-18(26)21-12-7-6-10(9-11(12)17(25)27-2)14(24)16-22-15(19)13-5-3-4-8-23(13)16/h3-9H,1-2H3,(H2,20,21,26). The molecule has 0 fully saturated rings. The Morgan fingerprint density at radius 2 is 1.96 bits per heavy atom. The third kappa shape index (κ3) is 3.54. The van der Waals surface area contributed by atoms with Crippen LogP contribution >= 0.6 is 15.9 Å². The van der Waals surface area contributed by atoms with Crippen LogP contribution in [-0.2, 0) is 4.74 Å². The van der Waals surface area contributed by atoms with Gasteiger partial charge in [0, 0.05) is 18.8 Å². The molecular weight excluding hydrogens is 416 g/mol. The zero-order valence-corrected chi connectivity index (χ0v) is 16.0. The lowest BCUT2D eigenvalue weighted by Gasteiger charge is -2.11. The fourth-order valence-electron chi connectivity index (χ4n) is 2.55. The van der Waals surface area contributed by atoms with Gasteiger partial charge in [-0.25, -0.2) is 14.6 Å². The summed E-state index contributed by atoms with van der Waals surface area (Å²) >= 11 is 3.34. The Morgan fingerprint density at radius 3 is 2.67 bits per heavy atom. The van der Waals surface area contributed by atoms with Crippen LogP contribution in [0.4, 0.5) is 10.5 Å². The number of benzene rings is 1. The summed E-state index contributed by atoms with van der Waals surface area (Å²) in [7, 11) is 2.67. The predicted molar refractivity (Wildman–Crippen MR) is 102 cm³/mol. The van der Waals surface area contributed by atoms with E-state index in [2.05, 4.69) is 31.5 Å². The summed E-state index contributed by atoms with van der Waals surface area (Å²) in [6, 6.07) is 9.31. The number of ether oxygens (including phenoxy) is 1. The van der Waals surface area contributed by atoms with E-state index < -0.39 is 12.0 Å². The number of aromatic nitrogens is 2. The Kier molecular flexibility index (Phi) is 5.22. The lowest BCUT2D eigenvalue weighted by Crippen LogP contribution is -2.25. The van der Waals surface area contributed by atoms with Crippen molar-refractivity contribution in [2.24, 2.45) is 0 Å². The predicted octanol–water partition coefficient (Wildman–Crippen LogP) is 2.87. The number of urea groups is 1. The van der Waals surface area contributed by atoms with E-state index in [4.69, 9.17) is 4.74 Å². The van der Waals surface area contributed by atoms with Gasteiger partial charge in [0.25, 0.3) is 0 Å². The summed E-state index contributed by atoms with van der Waals surface area (Å²) in [6.07, 6.45) is 1.73. The molecule has 0 radical (unpaired) electrons. The van der Waals surface area contributed by atoms with Gasteiger partial charge in [-0.2, -0.15) is 0 Å². The van der Waals surface area contributed by atoms with Crippen molar-refractivity contribution in [2.75, 3.05) is 19.5 Å². The van der Waals surface area contributed by atoms with Crippen LogP contribution in [0, 0.1) is 0 Å². The van der Waals surface area contributed by atoms with Crippen LogP contribution < -0.4 is 10.6 Å². The average Bonchev–Trinajstić information content (AvgIpc) is 3.04. The minimum absolute atomic E-state index is 0.0619. The number of methoxy groups -OCH3 is 1. The van der Waals surface area contributed by atoms with Gasteiger partial charge in [-0.3, -0.25) is 9.20 Å². The first-order chi connectivity index (χ1) is 13.0. The molecule has 2 N–H and O–H groups in total. The van der Waals surface area contributed by atoms with Gasteiger partial charge in [-0.15, -0.1) is 0 Å². The van der Waals surface area contributed by atoms with E-state index in [0.717, 1.165) is 5.52 Å². The highest BCUT2D eigenvalue weighted by Crippen LogP contribution is 2.23. The van der Waals surface area contributed by atoms with Crippen molar-refractivity contribution in [1.82, 2.24) is 14.7 Å². The smallest absolute Gasteiger partial charge is 0.339 e. The van der Waals surface area contributed by atoms with Gasteiger partial charge in [-0.05, 0) is 46.3 Å². The minimum Gasteiger partial charge on any atom is -0.465 e. The molecule has 0 bridgehead atoms. The molecule has 2 aromatic heterocycles. The van der Waals surface area contributed by atoms with Crippen LogP contribution in [-0.4, -0.2) is 41.3 Å². The molecule has 0 spiro atoms. The Morgan fingerprint density at radius 1 is 1.19 bits per heavy atom. The molecule has 0 atom stereocenters. The molecule has 0 saturated heterocycles. The second-order valence-electron chi connectivity index (χ2n) is 5.47. The van der Waals surface area contributed by atoms with Crippen molar-refractivity contribution < 1.29 is 19.1 Å². The lowest BCUT2D eigenvalue weighted by atomic mass is 10.0. The van der Waals surface area contributed by atoms with E-state index in [1.165, 1.54) is 32.4 Å². The van der Waals surface area contributed by atoms with Crippen molar-refractivity contribution in [3.63, 3.8) is 0 Å². The van der Waals surface area contributed by atoms with Crippen molar-refractivity contribution >= 4 is 44.9 Å². The average molecular weight is 431 g/mol. The van der Waals surface area contributed by atoms with Gasteiger partial charge in [0.2, 0.25) is 5.78 Å². The summed E-state index contributed by atoms with van der Waals surface area (Å²) in [5, 5.41) is 4.92. The van der Waals surface area contributed by atoms with Crippen LogP contribution in [0.3, 0.4) is 0 Å². The van der Waals surface area contributed by atoms with Crippen molar-refractivity contribution in [3.8, 4) is 0 Å². The number of halogens is 1. The number of imidazole rings is 1. The zero-order chi connectivity index (χ0) is 19.6. The fourth-order valence-corrected chi connectivity index (χ4v) is 3.04. The van der Waals surface area contributed by atoms with Crippen LogP contribution in [0.1, 0.15) is 26.5 Å². The minimum atomic E-state index is -0.676. The highest BCUT2D eigenvalue weighted by molar-refractivity contribution is 9.10. The lowest BCUT2D eigenvalue weighted by molar-refractivity contribution is 0.0602. The molecule has 2 amide bonds. The molecular formula is C18H15BrN4O4. The molecule has 27 heavy (non-hydrogen) atoms. The first-order valence-corrected chi connectivity index (χ1v) is 8.64. The van der Waals surface area contributed by atoms with E-state index >= 15 is 0 Å². The number of carbonyl (C=O) groups excluding carboxylic acids is 3. The monoisotopic (exact) mass is 430 g/mol. The largest absolute Gasteiger partial charge is 0.465 e. The number of fused-ring (bicyclic) bond motifs is 1. The SMILES string of the molecule is CNC(=O)Nc1ccc(C(=O)c2nc(Br)c3ccccn23)cc1C(=O)OC. The van der Waals surface area contributed by atoms with E-state index in [1.807, 2.05) is 12.1 Å². The Bertz CT molecular complexity index is 1060. The molecule has 1 aromatic carbocycles. The summed E-state index contributed by atoms with van der Waals surface area (Å²) in [4.78, 5) is 40.9. The van der Waals surface area contributed by atoms with Gasteiger partial charge < -0.3 is 15.4 Å². The molecule has 3 aromatic rings. The van der Waals surface area contributed by atoms with Gasteiger partial charge in [0.15, 0.2) is 5.82 Å². The van der Waals surface area contributed by atoms with Gasteiger partial charge in [0.1, 0.15) is 4.60 Å². The molecule has 0 saturated carbocycles. The quantitative estimate of drug-likeness (QED) is 0.489. The highest BCUT2D eigenvalue weighted by atomic mass is 79.9. The maximum atomic E-state index is 13.0. The van der Waals surface area contributed by atoms with E-state index in [-0.39, 0.29) is 28.4 Å². The van der Waals surface area contributed by atoms with Crippen LogP contribution in [0.25, 0.3) is 5.52 Å². The third-order valence-electron chi connectivity index (χ3n) is 3.87. The number of pyridine rings is 1. The third-order valence-corrected chi connectivity index (χ3v) is 4.45. The molecule has 2 heterocycles. The Labute approximate surface area is 162 Å². The summed E-state index contributed by atoms with van der Waals surface area (Å²) in [5.41, 5.74) is 1.27. The van der Waals surface area contributed by atoms with Crippen molar-refractivity contribution in [2.45, 2.75) is 0 Å². The number of nitrogens with zero attached hydrogens (tertiary/aromatic N) is 2. The molecule has 9 heteroatoms. The first kappa shape index (κ1) is 18.6. The normalized spacial score (nSPS) is 10.5. The van der Waals surface area contributed by atoms with E-state index in [0.29, 0.717) is 4.60 Å². The number of esters is 1. The maximum absolute atomic E-state index is 13.0. The van der Waals surface area contributed by atoms with E-state index in [1.54, 1.807) is 16.7 Å². The maximum Gasteiger partial charge on any atom is 0.339 e. The second-order valence-corrected chi connectivity index (χ2v) is 6.22. The van der Waals surface area contributed by atoms with Gasteiger partial charge in [0.05, 0.1) is 23.9 Å². The van der Waals surface area contributed by atoms with Crippen LogP contribution in [0.15, 0.2) is 47.2 Å². The Balaban J connectivity index is 2.06. The van der Waals surface area contributed by atoms with Gasteiger partial charge >= 0.3 is 12.0 Å². The van der Waals surface area contributed by atoms with E-state index in [9.17, 15) is 14.4 Å². The molecule has 0 aliphatic carbocycles. The van der Waals surface area contributed by atoms with Gasteiger partial charge in [-0.1, -0.05) is 6.07 Å². The molecule has 0 unspecified atom stereocenters. The van der Waals surface area contributed by atoms with Crippen molar-refractivity contribution in [1.29, 1.82) is 0 Å². The first-order valence-electron chi connectivity index (χ1n) is 7.84. The number of anilines is 1. The van der Waals surface area contributed by atoms with Crippen molar-refractivity contribution in [3.05, 3.63) is 64.1 Å². The number of ketones is 1. The van der Waals surface area contributed by atoms with Crippen LogP contribution in [0.2, 0.25) is 0 Å². The number of amides is 2. The molecule has 0 aliphatic rings. The second kappa shape index (κ2) is 7.58. The Hall–Kier alpha value is -3.20.